The van der Waals surface area contributed by atoms with Crippen molar-refractivity contribution in [3.05, 3.63) is 34.1 Å². The first-order valence-corrected chi connectivity index (χ1v) is 6.93. The fourth-order valence-corrected chi connectivity index (χ4v) is 3.30. The monoisotopic (exact) mass is 290 g/mol. The molecule has 0 radical (unpaired) electrons. The molecule has 0 spiro atoms. The number of benzene rings is 1. The molecule has 0 aromatic heterocycles. The van der Waals surface area contributed by atoms with E-state index in [-0.39, 0.29) is 12.8 Å². The zero-order valence-corrected chi connectivity index (χ0v) is 10.4. The molecule has 104 valence electrons. The highest BCUT2D eigenvalue weighted by Crippen LogP contribution is 2.28. The van der Waals surface area contributed by atoms with Crippen molar-refractivity contribution >= 4 is 15.7 Å². The van der Waals surface area contributed by atoms with Gasteiger partial charge in [-0.15, -0.1) is 0 Å². The molecule has 0 unspecified atom stereocenters. The van der Waals surface area contributed by atoms with Crippen molar-refractivity contribution in [2.75, 3.05) is 0 Å². The third kappa shape index (κ3) is 2.72. The summed E-state index contributed by atoms with van der Waals surface area (Å²) >= 11 is 0. The second-order valence-electron chi connectivity index (χ2n) is 4.29. The lowest BCUT2D eigenvalue weighted by molar-refractivity contribution is -0.390. The first-order chi connectivity index (χ1) is 8.81. The third-order valence-electron chi connectivity index (χ3n) is 2.86. The van der Waals surface area contributed by atoms with E-state index < -0.39 is 43.5 Å². The van der Waals surface area contributed by atoms with E-state index in [4.69, 9.17) is 5.11 Å². The molecule has 1 aromatic rings. The fourth-order valence-electron chi connectivity index (χ4n) is 1.86. The van der Waals surface area contributed by atoms with Gasteiger partial charge >= 0.3 is 5.69 Å². The van der Waals surface area contributed by atoms with E-state index in [1.165, 1.54) is 0 Å². The number of aliphatic hydroxyl groups is 1. The van der Waals surface area contributed by atoms with Gasteiger partial charge < -0.3 is 5.11 Å². The number of hydrogen-bond donors (Lipinski definition) is 2. The molecule has 19 heavy (non-hydrogen) atoms. The van der Waals surface area contributed by atoms with Gasteiger partial charge in [0.2, 0.25) is 15.8 Å². The number of halogens is 1. The van der Waals surface area contributed by atoms with Gasteiger partial charge in [0.1, 0.15) is 0 Å². The summed E-state index contributed by atoms with van der Waals surface area (Å²) in [6, 6.07) is 2.40. The maximum atomic E-state index is 13.4. The van der Waals surface area contributed by atoms with Crippen LogP contribution >= 0.6 is 0 Å². The highest BCUT2D eigenvalue weighted by atomic mass is 32.2. The molecule has 1 aromatic carbocycles. The topological polar surface area (TPSA) is 110 Å². The summed E-state index contributed by atoms with van der Waals surface area (Å²) in [5.74, 6) is -1.21. The number of nitrogens with zero attached hydrogens (tertiary/aromatic N) is 1. The van der Waals surface area contributed by atoms with Gasteiger partial charge in [-0.2, -0.15) is 4.39 Å². The van der Waals surface area contributed by atoms with Crippen LogP contribution in [0.1, 0.15) is 12.8 Å². The first-order valence-electron chi connectivity index (χ1n) is 5.44. The summed E-state index contributed by atoms with van der Waals surface area (Å²) in [5.41, 5.74) is -1.07. The van der Waals surface area contributed by atoms with Gasteiger partial charge in [0.05, 0.1) is 11.0 Å². The van der Waals surface area contributed by atoms with E-state index in [1.807, 2.05) is 0 Å². The van der Waals surface area contributed by atoms with Crippen LogP contribution in [0.3, 0.4) is 0 Å². The van der Waals surface area contributed by atoms with Gasteiger partial charge in [-0.25, -0.2) is 13.1 Å². The minimum Gasteiger partial charge on any atom is -0.393 e. The standard InChI is InChI=1S/C10H11FN2O5S/c11-8-2-1-3-9(10(8)13(15)16)19(17,18)12-6-4-7(14)5-6/h1-3,6-7,12,14H,4-5H2. The van der Waals surface area contributed by atoms with Crippen LogP contribution in [0.5, 0.6) is 0 Å². The number of aliphatic hydroxyl groups excluding tert-OH is 1. The zero-order chi connectivity index (χ0) is 14.2. The molecule has 1 saturated carbocycles. The third-order valence-corrected chi connectivity index (χ3v) is 4.41. The van der Waals surface area contributed by atoms with E-state index in [0.717, 1.165) is 18.2 Å². The molecule has 2 N–H and O–H groups in total. The Balaban J connectivity index is 2.35. The summed E-state index contributed by atoms with van der Waals surface area (Å²) < 4.78 is 39.5. The molecule has 7 nitrogen and oxygen atoms in total. The van der Waals surface area contributed by atoms with Crippen molar-refractivity contribution in [1.29, 1.82) is 0 Å². The van der Waals surface area contributed by atoms with Crippen LogP contribution in [0.25, 0.3) is 0 Å². The van der Waals surface area contributed by atoms with Crippen molar-refractivity contribution in [3.63, 3.8) is 0 Å². The summed E-state index contributed by atoms with van der Waals surface area (Å²) in [6.45, 7) is 0. The van der Waals surface area contributed by atoms with Crippen molar-refractivity contribution in [2.24, 2.45) is 0 Å². The van der Waals surface area contributed by atoms with Crippen LogP contribution in [0.2, 0.25) is 0 Å². The van der Waals surface area contributed by atoms with E-state index in [9.17, 15) is 22.9 Å². The van der Waals surface area contributed by atoms with Crippen molar-refractivity contribution in [3.8, 4) is 0 Å². The maximum absolute atomic E-state index is 13.4. The maximum Gasteiger partial charge on any atom is 0.324 e. The Labute approximate surface area is 108 Å². The minimum atomic E-state index is -4.18. The SMILES string of the molecule is O=[N+]([O-])c1c(F)cccc1S(=O)(=O)NC1CC(O)C1. The largest absolute Gasteiger partial charge is 0.393 e. The predicted molar refractivity (Wildman–Crippen MR) is 62.4 cm³/mol. The number of nitro groups is 1. The van der Waals surface area contributed by atoms with Crippen LogP contribution in [-0.2, 0) is 10.0 Å². The molecule has 1 aliphatic rings. The average Bonchev–Trinajstić information content (AvgIpc) is 2.25. The van der Waals surface area contributed by atoms with Crippen LogP contribution in [0.15, 0.2) is 23.1 Å². The predicted octanol–water partition coefficient (Wildman–Crippen LogP) is 0.535. The summed E-state index contributed by atoms with van der Waals surface area (Å²) in [5, 5.41) is 19.8. The molecule has 0 heterocycles. The van der Waals surface area contributed by atoms with E-state index in [1.54, 1.807) is 0 Å². The average molecular weight is 290 g/mol. The molecule has 1 aliphatic carbocycles. The van der Waals surface area contributed by atoms with Crippen molar-refractivity contribution < 1.29 is 22.8 Å². The molecule has 0 saturated heterocycles. The molecule has 0 aliphatic heterocycles. The Kier molecular flexibility index (Phi) is 3.52. The second kappa shape index (κ2) is 4.83. The molecule has 9 heteroatoms. The van der Waals surface area contributed by atoms with E-state index in [2.05, 4.69) is 4.72 Å². The number of nitro benzene ring substituents is 1. The van der Waals surface area contributed by atoms with Gasteiger partial charge in [0.25, 0.3) is 0 Å². The molecule has 0 bridgehead atoms. The van der Waals surface area contributed by atoms with Crippen LogP contribution < -0.4 is 4.72 Å². The lowest BCUT2D eigenvalue weighted by Gasteiger charge is -2.31. The summed E-state index contributed by atoms with van der Waals surface area (Å²) in [7, 11) is -4.18. The van der Waals surface area contributed by atoms with E-state index >= 15 is 0 Å². The van der Waals surface area contributed by atoms with Gasteiger partial charge in [-0.3, -0.25) is 10.1 Å². The number of rotatable bonds is 4. The Morgan fingerprint density at radius 3 is 2.58 bits per heavy atom. The Morgan fingerprint density at radius 2 is 2.05 bits per heavy atom. The highest BCUT2D eigenvalue weighted by molar-refractivity contribution is 7.89. The molecule has 0 amide bonds. The number of nitrogens with one attached hydrogen (secondary N) is 1. The minimum absolute atomic E-state index is 0.238. The smallest absolute Gasteiger partial charge is 0.324 e. The quantitative estimate of drug-likeness (QED) is 0.621. The number of para-hydroxylation sites is 1. The normalized spacial score (nSPS) is 22.8. The first kappa shape index (κ1) is 13.8. The summed E-state index contributed by atoms with van der Waals surface area (Å²) in [6.07, 6.45) is -0.0970. The molecular formula is C10H11FN2O5S. The Hall–Kier alpha value is -1.58. The van der Waals surface area contributed by atoms with Crippen molar-refractivity contribution in [2.45, 2.75) is 29.9 Å². The van der Waals surface area contributed by atoms with Gasteiger partial charge in [0.15, 0.2) is 4.90 Å². The Bertz CT molecular complexity index is 612. The lowest BCUT2D eigenvalue weighted by atomic mass is 9.91. The van der Waals surface area contributed by atoms with Crippen molar-refractivity contribution in [1.82, 2.24) is 4.72 Å². The van der Waals surface area contributed by atoms with Gasteiger partial charge in [-0.1, -0.05) is 6.07 Å². The van der Waals surface area contributed by atoms with Crippen LogP contribution in [-0.4, -0.2) is 30.6 Å². The van der Waals surface area contributed by atoms with Gasteiger partial charge in [0, 0.05) is 6.04 Å². The van der Waals surface area contributed by atoms with E-state index in [0.29, 0.717) is 0 Å². The lowest BCUT2D eigenvalue weighted by Crippen LogP contribution is -2.46. The molecular weight excluding hydrogens is 279 g/mol. The fraction of sp³-hybridized carbons (Fsp3) is 0.400. The molecule has 2 rings (SSSR count). The zero-order valence-electron chi connectivity index (χ0n) is 9.61. The summed E-state index contributed by atoms with van der Waals surface area (Å²) in [4.78, 5) is 8.96. The van der Waals surface area contributed by atoms with Crippen LogP contribution in [0.4, 0.5) is 10.1 Å². The molecule has 0 atom stereocenters. The van der Waals surface area contributed by atoms with Gasteiger partial charge in [-0.05, 0) is 25.0 Å². The molecule has 1 fully saturated rings. The second-order valence-corrected chi connectivity index (χ2v) is 5.97. The highest BCUT2D eigenvalue weighted by Gasteiger charge is 2.35. The Morgan fingerprint density at radius 1 is 1.42 bits per heavy atom. The van der Waals surface area contributed by atoms with Crippen LogP contribution in [0, 0.1) is 15.9 Å². The number of sulfonamides is 1. The number of hydrogen-bond acceptors (Lipinski definition) is 5.